The minimum absolute atomic E-state index is 0.116. The van der Waals surface area contributed by atoms with Gasteiger partial charge in [-0.1, -0.05) is 111 Å². The van der Waals surface area contributed by atoms with Crippen molar-refractivity contribution >= 4 is 5.97 Å². The van der Waals surface area contributed by atoms with Gasteiger partial charge in [-0.05, 0) is 19.5 Å². The van der Waals surface area contributed by atoms with Crippen LogP contribution in [0.4, 0.5) is 0 Å². The van der Waals surface area contributed by atoms with Gasteiger partial charge in [-0.25, -0.2) is 0 Å². The molecule has 0 heterocycles. The molecule has 168 valence electrons. The van der Waals surface area contributed by atoms with Crippen molar-refractivity contribution in [1.82, 2.24) is 10.4 Å². The van der Waals surface area contributed by atoms with Crippen LogP contribution in [0.3, 0.4) is 0 Å². The lowest BCUT2D eigenvalue weighted by Crippen LogP contribution is -2.33. The number of likely N-dealkylation sites (N-methyl/N-ethyl adjacent to an activating group) is 1. The first-order chi connectivity index (χ1) is 13.7. The van der Waals surface area contributed by atoms with E-state index in [4.69, 9.17) is 4.84 Å². The molecule has 0 atom stereocenters. The largest absolute Gasteiger partial charge is 0.371 e. The van der Waals surface area contributed by atoms with Crippen molar-refractivity contribution in [2.75, 3.05) is 26.2 Å². The van der Waals surface area contributed by atoms with E-state index in [2.05, 4.69) is 31.2 Å². The van der Waals surface area contributed by atoms with Gasteiger partial charge >= 0.3 is 5.97 Å². The molecule has 0 saturated carbocycles. The number of carbonyl (C=O) groups is 1. The molecular weight excluding hydrogens is 348 g/mol. The molecule has 0 radical (unpaired) electrons. The number of hydrogen-bond acceptors (Lipinski definition) is 4. The summed E-state index contributed by atoms with van der Waals surface area (Å²) >= 11 is 0. The van der Waals surface area contributed by atoms with Crippen molar-refractivity contribution in [2.24, 2.45) is 0 Å². The maximum atomic E-state index is 11.7. The summed E-state index contributed by atoms with van der Waals surface area (Å²) in [4.78, 5) is 19.0. The molecule has 4 heteroatoms. The Labute approximate surface area is 176 Å². The van der Waals surface area contributed by atoms with E-state index in [1.807, 2.05) is 0 Å². The Morgan fingerprint density at radius 3 is 1.54 bits per heavy atom. The summed E-state index contributed by atoms with van der Waals surface area (Å²) < 4.78 is 0. The van der Waals surface area contributed by atoms with Gasteiger partial charge in [0.15, 0.2) is 0 Å². The topological polar surface area (TPSA) is 41.6 Å². The zero-order chi connectivity index (χ0) is 20.7. The SMILES string of the molecule is CCCCCCCCCCCCCCCCCC(=O)ONCCN(CC)CC. The monoisotopic (exact) mass is 398 g/mol. The zero-order valence-corrected chi connectivity index (χ0v) is 19.4. The molecule has 0 fully saturated rings. The molecular formula is C24H50N2O2. The van der Waals surface area contributed by atoms with Crippen LogP contribution in [-0.4, -0.2) is 37.0 Å². The van der Waals surface area contributed by atoms with Gasteiger partial charge < -0.3 is 9.74 Å². The van der Waals surface area contributed by atoms with Crippen molar-refractivity contribution < 1.29 is 9.63 Å². The summed E-state index contributed by atoms with van der Waals surface area (Å²) in [5.74, 6) is -0.116. The second kappa shape index (κ2) is 22.7. The Morgan fingerprint density at radius 2 is 1.11 bits per heavy atom. The fourth-order valence-electron chi connectivity index (χ4n) is 3.57. The average molecular weight is 399 g/mol. The highest BCUT2D eigenvalue weighted by molar-refractivity contribution is 5.68. The zero-order valence-electron chi connectivity index (χ0n) is 19.4. The maximum Gasteiger partial charge on any atom is 0.324 e. The predicted molar refractivity (Wildman–Crippen MR) is 121 cm³/mol. The molecule has 0 bridgehead atoms. The molecule has 0 spiro atoms. The molecule has 0 amide bonds. The highest BCUT2D eigenvalue weighted by Crippen LogP contribution is 2.13. The molecule has 0 aliphatic rings. The summed E-state index contributed by atoms with van der Waals surface area (Å²) in [6.45, 7) is 10.3. The molecule has 0 aromatic carbocycles. The third kappa shape index (κ3) is 20.1. The fraction of sp³-hybridized carbons (Fsp3) is 0.958. The van der Waals surface area contributed by atoms with Gasteiger partial charge in [0.25, 0.3) is 0 Å². The third-order valence-electron chi connectivity index (χ3n) is 5.59. The second-order valence-electron chi connectivity index (χ2n) is 8.10. The fourth-order valence-corrected chi connectivity index (χ4v) is 3.57. The van der Waals surface area contributed by atoms with Crippen LogP contribution in [0.5, 0.6) is 0 Å². The lowest BCUT2D eigenvalue weighted by atomic mass is 10.0. The highest BCUT2D eigenvalue weighted by atomic mass is 16.7. The lowest BCUT2D eigenvalue weighted by molar-refractivity contribution is -0.151. The lowest BCUT2D eigenvalue weighted by Gasteiger charge is -2.17. The smallest absolute Gasteiger partial charge is 0.324 e. The van der Waals surface area contributed by atoms with Crippen LogP contribution in [0.1, 0.15) is 124 Å². The van der Waals surface area contributed by atoms with Gasteiger partial charge in [0.05, 0.1) is 0 Å². The molecule has 0 aromatic rings. The van der Waals surface area contributed by atoms with Gasteiger partial charge in [0, 0.05) is 19.5 Å². The number of carbonyl (C=O) groups excluding carboxylic acids is 1. The number of rotatable bonds is 22. The molecule has 0 rings (SSSR count). The molecule has 0 saturated heterocycles. The van der Waals surface area contributed by atoms with Gasteiger partial charge in [-0.2, -0.15) is 5.48 Å². The number of hydroxylamine groups is 1. The number of unbranched alkanes of at least 4 members (excludes halogenated alkanes) is 14. The molecule has 0 unspecified atom stereocenters. The van der Waals surface area contributed by atoms with Crippen LogP contribution >= 0.6 is 0 Å². The van der Waals surface area contributed by atoms with Crippen molar-refractivity contribution in [2.45, 2.75) is 124 Å². The van der Waals surface area contributed by atoms with E-state index in [1.54, 1.807) is 0 Å². The number of nitrogens with zero attached hydrogens (tertiary/aromatic N) is 1. The average Bonchev–Trinajstić information content (AvgIpc) is 2.71. The molecule has 28 heavy (non-hydrogen) atoms. The van der Waals surface area contributed by atoms with Crippen LogP contribution in [0.15, 0.2) is 0 Å². The maximum absolute atomic E-state index is 11.7. The van der Waals surface area contributed by atoms with Crippen LogP contribution in [0.2, 0.25) is 0 Å². The quantitative estimate of drug-likeness (QED) is 0.164. The molecule has 0 aliphatic carbocycles. The second-order valence-corrected chi connectivity index (χ2v) is 8.10. The van der Waals surface area contributed by atoms with E-state index in [9.17, 15) is 4.79 Å². The van der Waals surface area contributed by atoms with E-state index in [0.29, 0.717) is 13.0 Å². The Kier molecular flexibility index (Phi) is 22.2. The number of hydrogen-bond donors (Lipinski definition) is 1. The van der Waals surface area contributed by atoms with Crippen LogP contribution < -0.4 is 5.48 Å². The van der Waals surface area contributed by atoms with Crippen molar-refractivity contribution in [3.8, 4) is 0 Å². The van der Waals surface area contributed by atoms with Gasteiger partial charge in [0.2, 0.25) is 0 Å². The minimum atomic E-state index is -0.116. The summed E-state index contributed by atoms with van der Waals surface area (Å²) in [5, 5.41) is 0. The first-order valence-corrected chi connectivity index (χ1v) is 12.4. The minimum Gasteiger partial charge on any atom is -0.371 e. The Hall–Kier alpha value is -0.610. The van der Waals surface area contributed by atoms with E-state index in [1.165, 1.54) is 83.5 Å². The van der Waals surface area contributed by atoms with E-state index < -0.39 is 0 Å². The molecule has 0 aliphatic heterocycles. The Balaban J connectivity index is 3.19. The summed E-state index contributed by atoms with van der Waals surface area (Å²) in [6.07, 6.45) is 20.7. The first-order valence-electron chi connectivity index (χ1n) is 12.4. The van der Waals surface area contributed by atoms with E-state index in [0.717, 1.165) is 32.5 Å². The van der Waals surface area contributed by atoms with Crippen molar-refractivity contribution in [3.05, 3.63) is 0 Å². The summed E-state index contributed by atoms with van der Waals surface area (Å²) in [5.41, 5.74) is 2.80. The van der Waals surface area contributed by atoms with Crippen molar-refractivity contribution in [3.63, 3.8) is 0 Å². The standard InChI is InChI=1S/C24H50N2O2/c1-4-7-8-9-10-11-12-13-14-15-16-17-18-19-20-21-24(27)28-25-22-23-26(5-2)6-3/h25H,4-23H2,1-3H3. The van der Waals surface area contributed by atoms with Crippen LogP contribution in [0.25, 0.3) is 0 Å². The van der Waals surface area contributed by atoms with Gasteiger partial charge in [0.1, 0.15) is 0 Å². The van der Waals surface area contributed by atoms with Gasteiger partial charge in [-0.15, -0.1) is 0 Å². The first kappa shape index (κ1) is 27.4. The van der Waals surface area contributed by atoms with Crippen molar-refractivity contribution in [1.29, 1.82) is 0 Å². The van der Waals surface area contributed by atoms with E-state index >= 15 is 0 Å². The molecule has 4 nitrogen and oxygen atoms in total. The van der Waals surface area contributed by atoms with Gasteiger partial charge in [-0.3, -0.25) is 4.79 Å². The van der Waals surface area contributed by atoms with Crippen LogP contribution in [0, 0.1) is 0 Å². The highest BCUT2D eigenvalue weighted by Gasteiger charge is 2.04. The third-order valence-corrected chi connectivity index (χ3v) is 5.59. The Morgan fingerprint density at radius 1 is 0.679 bits per heavy atom. The normalized spacial score (nSPS) is 11.3. The summed E-state index contributed by atoms with van der Waals surface area (Å²) in [6, 6.07) is 0. The molecule has 1 N–H and O–H groups in total. The van der Waals surface area contributed by atoms with Crippen LogP contribution in [-0.2, 0) is 9.63 Å². The predicted octanol–water partition coefficient (Wildman–Crippen LogP) is 6.64. The number of nitrogens with one attached hydrogen (secondary N) is 1. The molecule has 0 aromatic heterocycles. The Bertz CT molecular complexity index is 320. The van der Waals surface area contributed by atoms with E-state index in [-0.39, 0.29) is 5.97 Å². The summed E-state index contributed by atoms with van der Waals surface area (Å²) in [7, 11) is 0.